The highest BCUT2D eigenvalue weighted by atomic mass is 35.5. The molecule has 0 aromatic carbocycles. The van der Waals surface area contributed by atoms with E-state index < -0.39 is 5.92 Å². The minimum Gasteiger partial charge on any atom is -0.348 e. The van der Waals surface area contributed by atoms with Gasteiger partial charge in [0.05, 0.1) is 17.5 Å². The number of pyridine rings is 1. The van der Waals surface area contributed by atoms with Crippen molar-refractivity contribution in [2.45, 2.75) is 26.2 Å². The van der Waals surface area contributed by atoms with E-state index in [1.807, 2.05) is 11.8 Å². The number of anilines is 1. The number of carbonyl (C=O) groups is 2. The monoisotopic (exact) mass is 280 g/mol. The Bertz CT molecular complexity index is 490. The van der Waals surface area contributed by atoms with Crippen molar-refractivity contribution < 1.29 is 9.59 Å². The Morgan fingerprint density at radius 1 is 1.58 bits per heavy atom. The van der Waals surface area contributed by atoms with Gasteiger partial charge in [0.1, 0.15) is 11.6 Å². The van der Waals surface area contributed by atoms with E-state index in [0.717, 1.165) is 6.42 Å². The van der Waals surface area contributed by atoms with Gasteiger partial charge in [-0.2, -0.15) is 0 Å². The first-order chi connectivity index (χ1) is 9.13. The first-order valence-electron chi connectivity index (χ1n) is 6.54. The summed E-state index contributed by atoms with van der Waals surface area (Å²) < 4.78 is 0. The number of nitrogens with zero attached hydrogens (tertiary/aromatic N) is 2. The molecule has 0 aliphatic carbocycles. The van der Waals surface area contributed by atoms with E-state index in [1.54, 1.807) is 18.3 Å². The lowest BCUT2D eigenvalue weighted by atomic mass is 9.89. The SMILES string of the molecule is CCCC(=O)C1CCN(c2ncccc2Cl)CC1=O. The van der Waals surface area contributed by atoms with Crippen molar-refractivity contribution in [2.75, 3.05) is 18.0 Å². The lowest BCUT2D eigenvalue weighted by Crippen LogP contribution is -2.44. The number of rotatable bonds is 4. The second kappa shape index (κ2) is 6.15. The Kier molecular flexibility index (Phi) is 4.53. The zero-order chi connectivity index (χ0) is 13.8. The molecule has 0 spiro atoms. The van der Waals surface area contributed by atoms with E-state index in [1.165, 1.54) is 0 Å². The number of piperidine rings is 1. The van der Waals surface area contributed by atoms with E-state index in [4.69, 9.17) is 11.6 Å². The number of ketones is 2. The van der Waals surface area contributed by atoms with Crippen LogP contribution in [0.25, 0.3) is 0 Å². The van der Waals surface area contributed by atoms with Gasteiger partial charge in [-0.3, -0.25) is 9.59 Å². The third kappa shape index (κ3) is 3.13. The highest BCUT2D eigenvalue weighted by molar-refractivity contribution is 6.33. The van der Waals surface area contributed by atoms with Gasteiger partial charge in [0.25, 0.3) is 0 Å². The Morgan fingerprint density at radius 3 is 3.00 bits per heavy atom. The first-order valence-corrected chi connectivity index (χ1v) is 6.92. The molecule has 0 N–H and O–H groups in total. The molecule has 4 nitrogen and oxygen atoms in total. The third-order valence-electron chi connectivity index (χ3n) is 3.35. The van der Waals surface area contributed by atoms with E-state index in [2.05, 4.69) is 4.98 Å². The molecule has 2 heterocycles. The molecule has 1 aliphatic rings. The number of hydrogen-bond donors (Lipinski definition) is 0. The summed E-state index contributed by atoms with van der Waals surface area (Å²) in [6.45, 7) is 2.81. The average molecular weight is 281 g/mol. The van der Waals surface area contributed by atoms with Gasteiger partial charge in [0.2, 0.25) is 0 Å². The maximum absolute atomic E-state index is 12.1. The van der Waals surface area contributed by atoms with E-state index in [-0.39, 0.29) is 18.1 Å². The molecule has 0 amide bonds. The minimum absolute atomic E-state index is 0.0218. The fourth-order valence-corrected chi connectivity index (χ4v) is 2.62. The molecule has 102 valence electrons. The summed E-state index contributed by atoms with van der Waals surface area (Å²) in [5.74, 6) is 0.239. The number of carbonyl (C=O) groups excluding carboxylic acids is 2. The number of halogens is 1. The molecule has 0 bridgehead atoms. The van der Waals surface area contributed by atoms with Crippen LogP contribution in [-0.4, -0.2) is 29.6 Å². The van der Waals surface area contributed by atoms with Crippen LogP contribution >= 0.6 is 11.6 Å². The van der Waals surface area contributed by atoms with Crippen LogP contribution in [0.2, 0.25) is 5.02 Å². The molecule has 1 aromatic rings. The zero-order valence-electron chi connectivity index (χ0n) is 10.9. The maximum Gasteiger partial charge on any atom is 0.162 e. The van der Waals surface area contributed by atoms with Crippen molar-refractivity contribution >= 4 is 29.0 Å². The highest BCUT2D eigenvalue weighted by Gasteiger charge is 2.32. The number of aromatic nitrogens is 1. The van der Waals surface area contributed by atoms with Gasteiger partial charge in [-0.1, -0.05) is 18.5 Å². The molecule has 1 aliphatic heterocycles. The van der Waals surface area contributed by atoms with Crippen molar-refractivity contribution in [1.29, 1.82) is 0 Å². The molecular weight excluding hydrogens is 264 g/mol. The van der Waals surface area contributed by atoms with Crippen LogP contribution in [0.1, 0.15) is 26.2 Å². The van der Waals surface area contributed by atoms with Crippen LogP contribution in [0, 0.1) is 5.92 Å². The summed E-state index contributed by atoms with van der Waals surface area (Å²) in [6, 6.07) is 3.51. The smallest absolute Gasteiger partial charge is 0.162 e. The van der Waals surface area contributed by atoms with Crippen LogP contribution in [0.5, 0.6) is 0 Å². The van der Waals surface area contributed by atoms with Crippen molar-refractivity contribution in [3.8, 4) is 0 Å². The maximum atomic E-state index is 12.1. The molecule has 0 radical (unpaired) electrons. The Hall–Kier alpha value is -1.42. The lowest BCUT2D eigenvalue weighted by molar-refractivity contribution is -0.133. The average Bonchev–Trinajstić information content (AvgIpc) is 2.39. The molecule has 19 heavy (non-hydrogen) atoms. The fourth-order valence-electron chi connectivity index (χ4n) is 2.38. The second-order valence-corrected chi connectivity index (χ2v) is 5.16. The molecule has 1 atom stereocenters. The van der Waals surface area contributed by atoms with Crippen molar-refractivity contribution in [3.05, 3.63) is 23.4 Å². The standard InChI is InChI=1S/C14H17ClN2O2/c1-2-4-12(18)10-6-8-17(9-13(10)19)14-11(15)5-3-7-16-14/h3,5,7,10H,2,4,6,8-9H2,1H3. The van der Waals surface area contributed by atoms with Gasteiger partial charge in [0, 0.05) is 19.2 Å². The van der Waals surface area contributed by atoms with Crippen LogP contribution in [0.15, 0.2) is 18.3 Å². The second-order valence-electron chi connectivity index (χ2n) is 4.75. The van der Waals surface area contributed by atoms with Gasteiger partial charge < -0.3 is 4.90 Å². The largest absolute Gasteiger partial charge is 0.348 e. The van der Waals surface area contributed by atoms with Crippen molar-refractivity contribution in [1.82, 2.24) is 4.98 Å². The van der Waals surface area contributed by atoms with E-state index >= 15 is 0 Å². The van der Waals surface area contributed by atoms with Crippen molar-refractivity contribution in [3.63, 3.8) is 0 Å². The van der Waals surface area contributed by atoms with Crippen LogP contribution < -0.4 is 4.90 Å². The number of Topliss-reactive ketones (excluding diaryl/α,β-unsaturated/α-hetero) is 2. The van der Waals surface area contributed by atoms with Crippen LogP contribution in [0.4, 0.5) is 5.82 Å². The first kappa shape index (κ1) is 14.0. The Balaban J connectivity index is 2.06. The number of hydrogen-bond acceptors (Lipinski definition) is 4. The molecule has 1 saturated heterocycles. The summed E-state index contributed by atoms with van der Waals surface area (Å²) in [4.78, 5) is 30.0. The highest BCUT2D eigenvalue weighted by Crippen LogP contribution is 2.26. The molecule has 2 rings (SSSR count). The van der Waals surface area contributed by atoms with E-state index in [9.17, 15) is 9.59 Å². The summed E-state index contributed by atoms with van der Waals surface area (Å²) in [5.41, 5.74) is 0. The van der Waals surface area contributed by atoms with Gasteiger partial charge >= 0.3 is 0 Å². The lowest BCUT2D eigenvalue weighted by Gasteiger charge is -2.31. The normalized spacial score (nSPS) is 19.6. The van der Waals surface area contributed by atoms with Crippen LogP contribution in [-0.2, 0) is 9.59 Å². The Morgan fingerprint density at radius 2 is 2.37 bits per heavy atom. The van der Waals surface area contributed by atoms with E-state index in [0.29, 0.717) is 30.2 Å². The summed E-state index contributed by atoms with van der Waals surface area (Å²) in [5, 5.41) is 0.536. The third-order valence-corrected chi connectivity index (χ3v) is 3.64. The van der Waals surface area contributed by atoms with Gasteiger partial charge in [-0.15, -0.1) is 0 Å². The Labute approximate surface area is 117 Å². The molecule has 1 fully saturated rings. The summed E-state index contributed by atoms with van der Waals surface area (Å²) in [7, 11) is 0. The molecule has 1 aromatic heterocycles. The van der Waals surface area contributed by atoms with Crippen molar-refractivity contribution in [2.24, 2.45) is 5.92 Å². The summed E-state index contributed by atoms with van der Waals surface area (Å²) in [6.07, 6.45) is 3.49. The quantitative estimate of drug-likeness (QED) is 0.795. The molecule has 0 saturated carbocycles. The van der Waals surface area contributed by atoms with Gasteiger partial charge in [-0.05, 0) is 25.0 Å². The predicted octanol–water partition coefficient (Wildman–Crippen LogP) is 2.50. The summed E-state index contributed by atoms with van der Waals surface area (Å²) >= 11 is 6.07. The topological polar surface area (TPSA) is 50.3 Å². The van der Waals surface area contributed by atoms with Gasteiger partial charge in [-0.25, -0.2) is 4.98 Å². The van der Waals surface area contributed by atoms with Crippen LogP contribution in [0.3, 0.4) is 0 Å². The predicted molar refractivity (Wildman–Crippen MR) is 74.5 cm³/mol. The van der Waals surface area contributed by atoms with Gasteiger partial charge in [0.15, 0.2) is 5.78 Å². The minimum atomic E-state index is -0.432. The fraction of sp³-hybridized carbons (Fsp3) is 0.500. The molecular formula is C14H17ClN2O2. The zero-order valence-corrected chi connectivity index (χ0v) is 11.7. The molecule has 5 heteroatoms. The molecule has 1 unspecified atom stereocenters.